The van der Waals surface area contributed by atoms with Gasteiger partial charge in [0.2, 0.25) is 12.7 Å². The number of hydrazine groups is 1. The molecule has 0 radical (unpaired) electrons. The first-order valence-corrected chi connectivity index (χ1v) is 12.3. The Bertz CT molecular complexity index is 975. The summed E-state index contributed by atoms with van der Waals surface area (Å²) >= 11 is 0. The van der Waals surface area contributed by atoms with E-state index in [9.17, 15) is 4.79 Å². The van der Waals surface area contributed by atoms with E-state index in [1.165, 1.54) is 11.1 Å². The van der Waals surface area contributed by atoms with E-state index in [0.29, 0.717) is 6.79 Å². The van der Waals surface area contributed by atoms with Crippen molar-refractivity contribution in [3.8, 4) is 17.2 Å². The van der Waals surface area contributed by atoms with E-state index in [4.69, 9.17) is 14.2 Å². The van der Waals surface area contributed by atoms with Crippen LogP contribution in [0.4, 0.5) is 0 Å². The van der Waals surface area contributed by atoms with Gasteiger partial charge in [-0.15, -0.1) is 0 Å². The van der Waals surface area contributed by atoms with Crippen LogP contribution >= 0.6 is 0 Å². The van der Waals surface area contributed by atoms with Crippen LogP contribution in [-0.2, 0) is 11.3 Å². The Morgan fingerprint density at radius 3 is 2.62 bits per heavy atom. The number of hydrogen-bond donors (Lipinski definition) is 2. The van der Waals surface area contributed by atoms with Crippen molar-refractivity contribution in [1.82, 2.24) is 20.7 Å². The van der Waals surface area contributed by atoms with Crippen LogP contribution in [0.5, 0.6) is 17.2 Å². The average molecular weight is 467 g/mol. The van der Waals surface area contributed by atoms with Crippen molar-refractivity contribution in [3.05, 3.63) is 53.6 Å². The van der Waals surface area contributed by atoms with E-state index < -0.39 is 0 Å². The number of hydrogen-bond acceptors (Lipinski definition) is 7. The van der Waals surface area contributed by atoms with Crippen molar-refractivity contribution in [2.75, 3.05) is 39.6 Å². The second-order valence-corrected chi connectivity index (χ2v) is 9.19. The van der Waals surface area contributed by atoms with Gasteiger partial charge in [0.15, 0.2) is 11.5 Å². The standard InChI is InChI=1S/C26H34N4O4/c1-2-3-14-32-21-7-5-20(6-8-21)22-16-23(28-27-22)26(31)30-12-10-29(11-13-30)17-19-4-9-24-25(15-19)34-18-33-24/h4-9,15,22-23,27-28H,2-3,10-14,16-18H2,1H3. The molecule has 182 valence electrons. The van der Waals surface area contributed by atoms with Crippen LogP contribution in [0.3, 0.4) is 0 Å². The minimum absolute atomic E-state index is 0.117. The molecule has 1 amide bonds. The van der Waals surface area contributed by atoms with Crippen LogP contribution < -0.4 is 25.1 Å². The number of piperazine rings is 1. The smallest absolute Gasteiger partial charge is 0.241 e. The van der Waals surface area contributed by atoms with Crippen LogP contribution in [0.1, 0.15) is 43.4 Å². The number of nitrogens with zero attached hydrogens (tertiary/aromatic N) is 2. The zero-order chi connectivity index (χ0) is 23.3. The molecule has 2 saturated heterocycles. The van der Waals surface area contributed by atoms with Gasteiger partial charge in [-0.1, -0.05) is 31.5 Å². The Morgan fingerprint density at radius 1 is 1.03 bits per heavy atom. The van der Waals surface area contributed by atoms with Crippen LogP contribution in [0, 0.1) is 0 Å². The van der Waals surface area contributed by atoms with Crippen LogP contribution in [0.25, 0.3) is 0 Å². The first-order chi connectivity index (χ1) is 16.7. The van der Waals surface area contributed by atoms with E-state index in [1.807, 2.05) is 23.1 Å². The summed E-state index contributed by atoms with van der Waals surface area (Å²) in [6, 6.07) is 14.2. The number of nitrogens with one attached hydrogen (secondary N) is 2. The molecule has 2 unspecified atom stereocenters. The summed E-state index contributed by atoms with van der Waals surface area (Å²) in [7, 11) is 0. The van der Waals surface area contributed by atoms with Crippen molar-refractivity contribution in [2.45, 2.75) is 44.8 Å². The van der Waals surface area contributed by atoms with Crippen molar-refractivity contribution in [2.24, 2.45) is 0 Å². The molecule has 5 rings (SSSR count). The molecule has 3 heterocycles. The number of unbranched alkanes of at least 4 members (excludes halogenated alkanes) is 1. The first-order valence-electron chi connectivity index (χ1n) is 12.3. The van der Waals surface area contributed by atoms with Crippen LogP contribution in [0.15, 0.2) is 42.5 Å². The lowest BCUT2D eigenvalue weighted by Crippen LogP contribution is -2.53. The second kappa shape index (κ2) is 10.6. The molecule has 2 atom stereocenters. The number of carbonyl (C=O) groups excluding carboxylic acids is 1. The van der Waals surface area contributed by atoms with Gasteiger partial charge in [-0.3, -0.25) is 9.69 Å². The molecule has 3 aliphatic heterocycles. The SMILES string of the molecule is CCCCOc1ccc(C2CC(C(=O)N3CCN(Cc4ccc5c(c4)OCO5)CC3)NN2)cc1. The fourth-order valence-corrected chi connectivity index (χ4v) is 4.71. The molecule has 3 aliphatic rings. The highest BCUT2D eigenvalue weighted by molar-refractivity contribution is 5.82. The summed E-state index contributed by atoms with van der Waals surface area (Å²) in [6.07, 6.45) is 2.93. The summed E-state index contributed by atoms with van der Waals surface area (Å²) in [5, 5.41) is 0. The molecule has 0 bridgehead atoms. The van der Waals surface area contributed by atoms with E-state index >= 15 is 0 Å². The van der Waals surface area contributed by atoms with Gasteiger partial charge in [0, 0.05) is 38.8 Å². The molecule has 0 aliphatic carbocycles. The molecular weight excluding hydrogens is 432 g/mol. The van der Waals surface area contributed by atoms with Gasteiger partial charge in [0.05, 0.1) is 6.61 Å². The third-order valence-electron chi connectivity index (χ3n) is 6.78. The van der Waals surface area contributed by atoms with Crippen LogP contribution in [-0.4, -0.2) is 61.3 Å². The lowest BCUT2D eigenvalue weighted by molar-refractivity contribution is -0.135. The lowest BCUT2D eigenvalue weighted by Gasteiger charge is -2.35. The number of fused-ring (bicyclic) bond motifs is 1. The van der Waals surface area contributed by atoms with E-state index in [0.717, 1.165) is 75.8 Å². The van der Waals surface area contributed by atoms with Crippen molar-refractivity contribution >= 4 is 5.91 Å². The van der Waals surface area contributed by atoms with Gasteiger partial charge < -0.3 is 19.1 Å². The van der Waals surface area contributed by atoms with Crippen molar-refractivity contribution < 1.29 is 19.0 Å². The summed E-state index contributed by atoms with van der Waals surface area (Å²) in [6.45, 7) is 7.27. The number of carbonyl (C=O) groups is 1. The highest BCUT2D eigenvalue weighted by Crippen LogP contribution is 2.33. The monoisotopic (exact) mass is 466 g/mol. The van der Waals surface area contributed by atoms with Gasteiger partial charge in [-0.2, -0.15) is 0 Å². The maximum Gasteiger partial charge on any atom is 0.241 e. The molecule has 34 heavy (non-hydrogen) atoms. The molecule has 8 nitrogen and oxygen atoms in total. The maximum atomic E-state index is 13.1. The van der Waals surface area contributed by atoms with Gasteiger partial charge in [0.1, 0.15) is 11.8 Å². The molecule has 2 N–H and O–H groups in total. The normalized spacial score (nSPS) is 22.2. The average Bonchev–Trinajstić information content (AvgIpc) is 3.55. The summed E-state index contributed by atoms with van der Waals surface area (Å²) in [5.74, 6) is 2.71. The minimum Gasteiger partial charge on any atom is -0.494 e. The third kappa shape index (κ3) is 5.29. The molecule has 0 saturated carbocycles. The van der Waals surface area contributed by atoms with Gasteiger partial charge in [-0.25, -0.2) is 10.9 Å². The largest absolute Gasteiger partial charge is 0.494 e. The highest BCUT2D eigenvalue weighted by Gasteiger charge is 2.34. The van der Waals surface area contributed by atoms with Gasteiger partial charge in [0.25, 0.3) is 0 Å². The molecule has 8 heteroatoms. The molecule has 0 spiro atoms. The zero-order valence-corrected chi connectivity index (χ0v) is 19.8. The minimum atomic E-state index is -0.203. The zero-order valence-electron chi connectivity index (χ0n) is 19.8. The Hall–Kier alpha value is -2.81. The predicted molar refractivity (Wildman–Crippen MR) is 129 cm³/mol. The van der Waals surface area contributed by atoms with E-state index in [-0.39, 0.29) is 18.0 Å². The highest BCUT2D eigenvalue weighted by atomic mass is 16.7. The molecular formula is C26H34N4O4. The van der Waals surface area contributed by atoms with Gasteiger partial charge in [-0.05, 0) is 48.2 Å². The molecule has 0 aromatic heterocycles. The maximum absolute atomic E-state index is 13.1. The molecule has 2 aromatic carbocycles. The summed E-state index contributed by atoms with van der Waals surface area (Å²) in [4.78, 5) is 17.5. The van der Waals surface area contributed by atoms with E-state index in [1.54, 1.807) is 0 Å². The predicted octanol–water partition coefficient (Wildman–Crippen LogP) is 2.85. The number of amides is 1. The Labute approximate surface area is 201 Å². The Morgan fingerprint density at radius 2 is 1.82 bits per heavy atom. The fraction of sp³-hybridized carbons (Fsp3) is 0.500. The van der Waals surface area contributed by atoms with Crippen LogP contribution in [0.2, 0.25) is 0 Å². The third-order valence-corrected chi connectivity index (χ3v) is 6.78. The second-order valence-electron chi connectivity index (χ2n) is 9.19. The lowest BCUT2D eigenvalue weighted by atomic mass is 10.0. The quantitative estimate of drug-likeness (QED) is 0.580. The van der Waals surface area contributed by atoms with Gasteiger partial charge >= 0.3 is 0 Å². The first kappa shape index (κ1) is 23.0. The topological polar surface area (TPSA) is 75.3 Å². The van der Waals surface area contributed by atoms with E-state index in [2.05, 4.69) is 46.9 Å². The molecule has 2 aromatic rings. The number of ether oxygens (including phenoxy) is 3. The summed E-state index contributed by atoms with van der Waals surface area (Å²) < 4.78 is 16.6. The molecule has 2 fully saturated rings. The Kier molecular flexibility index (Phi) is 7.18. The number of rotatable bonds is 8. The summed E-state index contributed by atoms with van der Waals surface area (Å²) in [5.41, 5.74) is 8.90. The van der Waals surface area contributed by atoms with Crippen molar-refractivity contribution in [3.63, 3.8) is 0 Å². The fourth-order valence-electron chi connectivity index (χ4n) is 4.71. The Balaban J connectivity index is 1.08. The number of benzene rings is 2. The van der Waals surface area contributed by atoms with Crippen molar-refractivity contribution in [1.29, 1.82) is 0 Å².